The van der Waals surface area contributed by atoms with Gasteiger partial charge in [0.2, 0.25) is 0 Å². The van der Waals surface area contributed by atoms with E-state index < -0.39 is 0 Å². The fraction of sp³-hybridized carbons (Fsp3) is 0.833. The molecule has 0 aromatic heterocycles. The highest BCUT2D eigenvalue weighted by Crippen LogP contribution is 1.74. The van der Waals surface area contributed by atoms with E-state index in [1.807, 2.05) is 6.21 Å². The maximum absolute atomic E-state index is 3.91. The van der Waals surface area contributed by atoms with E-state index >= 15 is 0 Å². The minimum absolute atomic E-state index is 0.456. The van der Waals surface area contributed by atoms with Crippen LogP contribution in [-0.4, -0.2) is 12.3 Å². The third-order valence-corrected chi connectivity index (χ3v) is 0.607. The average Bonchev–Trinajstić information content (AvgIpc) is 1.66. The van der Waals surface area contributed by atoms with Crippen molar-refractivity contribution in [2.24, 2.45) is 5.10 Å². The van der Waals surface area contributed by atoms with Gasteiger partial charge in [-0.1, -0.05) is 6.92 Å². The van der Waals surface area contributed by atoms with Crippen LogP contribution in [0.2, 0.25) is 0 Å². The summed E-state index contributed by atoms with van der Waals surface area (Å²) >= 11 is 0. The van der Waals surface area contributed by atoms with Crippen molar-refractivity contribution in [3.8, 4) is 0 Å². The quantitative estimate of drug-likeness (QED) is 0.435. The lowest BCUT2D eigenvalue weighted by atomic mass is 10.4. The average molecular weight is 114 g/mol. The Bertz CT molecular complexity index is 66.9. The summed E-state index contributed by atoms with van der Waals surface area (Å²) in [5.74, 6) is 0. The summed E-state index contributed by atoms with van der Waals surface area (Å²) < 4.78 is 0. The van der Waals surface area contributed by atoms with Gasteiger partial charge in [0.15, 0.2) is 0 Å². The summed E-state index contributed by atoms with van der Waals surface area (Å²) in [6.45, 7) is 6.19. The standard InChI is InChI=1S/C6H14N2/c1-4-5-7-8-6(2)3/h5-6,8H,4H2,1-3H3. The van der Waals surface area contributed by atoms with E-state index in [1.165, 1.54) is 0 Å². The lowest BCUT2D eigenvalue weighted by molar-refractivity contribution is 0.621. The van der Waals surface area contributed by atoms with Crippen LogP contribution < -0.4 is 5.43 Å². The molecule has 0 aliphatic rings. The molecule has 0 unspecified atom stereocenters. The van der Waals surface area contributed by atoms with Crippen molar-refractivity contribution in [3.05, 3.63) is 0 Å². The Morgan fingerprint density at radius 3 is 2.62 bits per heavy atom. The monoisotopic (exact) mass is 114 g/mol. The maximum Gasteiger partial charge on any atom is 0.0383 e. The molecule has 0 saturated heterocycles. The summed E-state index contributed by atoms with van der Waals surface area (Å²) in [5.41, 5.74) is 2.92. The second-order valence-corrected chi connectivity index (χ2v) is 2.00. The van der Waals surface area contributed by atoms with Crippen molar-refractivity contribution >= 4 is 6.21 Å². The van der Waals surface area contributed by atoms with Gasteiger partial charge < -0.3 is 5.43 Å². The van der Waals surface area contributed by atoms with E-state index in [4.69, 9.17) is 0 Å². The van der Waals surface area contributed by atoms with E-state index in [2.05, 4.69) is 31.3 Å². The van der Waals surface area contributed by atoms with Gasteiger partial charge in [0.25, 0.3) is 0 Å². The Kier molecular flexibility index (Phi) is 4.32. The van der Waals surface area contributed by atoms with Crippen molar-refractivity contribution in [1.82, 2.24) is 5.43 Å². The second kappa shape index (κ2) is 4.62. The molecule has 0 heterocycles. The van der Waals surface area contributed by atoms with Crippen molar-refractivity contribution in [2.75, 3.05) is 0 Å². The number of hydrogen-bond acceptors (Lipinski definition) is 2. The Balaban J connectivity index is 3.03. The van der Waals surface area contributed by atoms with Crippen molar-refractivity contribution < 1.29 is 0 Å². The lowest BCUT2D eigenvalue weighted by Crippen LogP contribution is -2.15. The molecule has 0 saturated carbocycles. The van der Waals surface area contributed by atoms with Gasteiger partial charge in [-0.05, 0) is 20.3 Å². The summed E-state index contributed by atoms with van der Waals surface area (Å²) in [6.07, 6.45) is 2.86. The minimum atomic E-state index is 0.456. The number of nitrogens with one attached hydrogen (secondary N) is 1. The van der Waals surface area contributed by atoms with Gasteiger partial charge in [0, 0.05) is 12.3 Å². The third-order valence-electron chi connectivity index (χ3n) is 0.607. The van der Waals surface area contributed by atoms with Crippen molar-refractivity contribution in [2.45, 2.75) is 33.2 Å². The number of hydrazone groups is 1. The van der Waals surface area contributed by atoms with Crippen LogP contribution in [0.3, 0.4) is 0 Å². The molecule has 1 N–H and O–H groups in total. The summed E-state index contributed by atoms with van der Waals surface area (Å²) in [5, 5.41) is 3.91. The molecule has 0 atom stereocenters. The smallest absolute Gasteiger partial charge is 0.0383 e. The van der Waals surface area contributed by atoms with Crippen LogP contribution in [0, 0.1) is 0 Å². The fourth-order valence-corrected chi connectivity index (χ4v) is 0.293. The molecule has 0 aliphatic heterocycles. The molecule has 0 aromatic carbocycles. The van der Waals surface area contributed by atoms with Crippen LogP contribution in [-0.2, 0) is 0 Å². The highest BCUT2D eigenvalue weighted by Gasteiger charge is 1.81. The molecule has 0 aromatic rings. The minimum Gasteiger partial charge on any atom is -0.308 e. The van der Waals surface area contributed by atoms with Gasteiger partial charge >= 0.3 is 0 Å². The summed E-state index contributed by atoms with van der Waals surface area (Å²) in [7, 11) is 0. The predicted molar refractivity (Wildman–Crippen MR) is 37.1 cm³/mol. The van der Waals surface area contributed by atoms with Gasteiger partial charge in [-0.25, -0.2) is 0 Å². The zero-order chi connectivity index (χ0) is 6.41. The first-order chi connectivity index (χ1) is 3.77. The Hall–Kier alpha value is -0.530. The molecule has 0 amide bonds. The first-order valence-electron chi connectivity index (χ1n) is 3.04. The van der Waals surface area contributed by atoms with E-state index in [1.54, 1.807) is 0 Å². The summed E-state index contributed by atoms with van der Waals surface area (Å²) in [6, 6.07) is 0.456. The molecular weight excluding hydrogens is 100 g/mol. The molecule has 8 heavy (non-hydrogen) atoms. The predicted octanol–water partition coefficient (Wildman–Crippen LogP) is 1.38. The Labute approximate surface area is 51.0 Å². The molecule has 2 nitrogen and oxygen atoms in total. The normalized spacial score (nSPS) is 11.0. The first kappa shape index (κ1) is 7.47. The highest BCUT2D eigenvalue weighted by molar-refractivity contribution is 5.55. The molecule has 0 aliphatic carbocycles. The molecule has 0 bridgehead atoms. The van der Waals surface area contributed by atoms with Gasteiger partial charge in [-0.15, -0.1) is 0 Å². The Morgan fingerprint density at radius 1 is 1.62 bits per heavy atom. The zero-order valence-electron chi connectivity index (χ0n) is 5.81. The van der Waals surface area contributed by atoms with Crippen molar-refractivity contribution in [1.29, 1.82) is 0 Å². The largest absolute Gasteiger partial charge is 0.308 e. The molecule has 0 radical (unpaired) electrons. The SMILES string of the molecule is CCC=NNC(C)C. The van der Waals surface area contributed by atoms with Gasteiger partial charge in [0.05, 0.1) is 0 Å². The Morgan fingerprint density at radius 2 is 2.25 bits per heavy atom. The van der Waals surface area contributed by atoms with Crippen LogP contribution in [0.4, 0.5) is 0 Å². The first-order valence-corrected chi connectivity index (χ1v) is 3.04. The maximum atomic E-state index is 3.91. The zero-order valence-corrected chi connectivity index (χ0v) is 5.81. The molecule has 2 heteroatoms. The topological polar surface area (TPSA) is 24.4 Å². The van der Waals surface area contributed by atoms with Gasteiger partial charge in [0.1, 0.15) is 0 Å². The second-order valence-electron chi connectivity index (χ2n) is 2.00. The van der Waals surface area contributed by atoms with E-state index in [-0.39, 0.29) is 0 Å². The fourth-order valence-electron chi connectivity index (χ4n) is 0.293. The lowest BCUT2D eigenvalue weighted by Gasteiger charge is -2.00. The van der Waals surface area contributed by atoms with E-state index in [0.29, 0.717) is 6.04 Å². The van der Waals surface area contributed by atoms with Gasteiger partial charge in [-0.3, -0.25) is 0 Å². The summed E-state index contributed by atoms with van der Waals surface area (Å²) in [4.78, 5) is 0. The highest BCUT2D eigenvalue weighted by atomic mass is 15.3. The van der Waals surface area contributed by atoms with E-state index in [9.17, 15) is 0 Å². The molecule has 48 valence electrons. The van der Waals surface area contributed by atoms with Crippen LogP contribution in [0.5, 0.6) is 0 Å². The molecular formula is C6H14N2. The van der Waals surface area contributed by atoms with Gasteiger partial charge in [-0.2, -0.15) is 5.10 Å². The van der Waals surface area contributed by atoms with Crippen LogP contribution in [0.1, 0.15) is 27.2 Å². The number of nitrogens with zero attached hydrogens (tertiary/aromatic N) is 1. The molecule has 0 spiro atoms. The molecule has 0 fully saturated rings. The number of rotatable bonds is 3. The van der Waals surface area contributed by atoms with Crippen LogP contribution >= 0.6 is 0 Å². The third kappa shape index (κ3) is 5.47. The van der Waals surface area contributed by atoms with E-state index in [0.717, 1.165) is 6.42 Å². The molecule has 0 rings (SSSR count). The number of hydrogen-bond donors (Lipinski definition) is 1. The van der Waals surface area contributed by atoms with Crippen molar-refractivity contribution in [3.63, 3.8) is 0 Å². The van der Waals surface area contributed by atoms with Crippen LogP contribution in [0.25, 0.3) is 0 Å². The van der Waals surface area contributed by atoms with Crippen LogP contribution in [0.15, 0.2) is 5.10 Å².